The number of carbonyl (C=O) groups excluding carboxylic acids is 4. The molecule has 0 rings (SSSR count). The second kappa shape index (κ2) is 65.2. The molecule has 0 aromatic heterocycles. The van der Waals surface area contributed by atoms with E-state index in [0.29, 0.717) is 37.5 Å². The van der Waals surface area contributed by atoms with Gasteiger partial charge in [0.05, 0.1) is 26.4 Å². The first-order valence-electron chi connectivity index (χ1n) is 38.2. The van der Waals surface area contributed by atoms with Crippen molar-refractivity contribution in [1.29, 1.82) is 0 Å². The van der Waals surface area contributed by atoms with E-state index in [9.17, 15) is 43.2 Å². The van der Waals surface area contributed by atoms with Crippen LogP contribution in [0.3, 0.4) is 0 Å². The second-order valence-electron chi connectivity index (χ2n) is 27.8. The number of carbonyl (C=O) groups is 4. The minimum Gasteiger partial charge on any atom is -0.462 e. The van der Waals surface area contributed by atoms with E-state index in [1.165, 1.54) is 141 Å². The standard InChI is InChI=1S/C75H142O17P2/c1-8-9-10-11-12-13-14-15-20-24-27-30-33-44-51-58-74(79)91-70(62-85-72(77)56-49-42-37-35-40-47-54-67(4)5)64-89-93(81,82)87-60-69(76)61-88-94(83,84)90-65-71(63-86-73(78)57-50-43-38-36-41-48-55-68(6)7)92-75(80)59-52-45-34-31-28-25-22-19-17-16-18-21-23-26-29-32-39-46-53-66(2)3/h13-15,20,66-71,76H,8-12,16-19,21-65H2,1-7H3,(H,81,82)(H,83,84)/b14-13-,20-15-/t69-,70+,71+/m0/s1. The number of aliphatic hydroxyl groups excluding tert-OH is 1. The molecule has 0 aromatic rings. The summed E-state index contributed by atoms with van der Waals surface area (Å²) in [5.74, 6) is 0.0168. The maximum atomic E-state index is 13.0. The zero-order chi connectivity index (χ0) is 69.4. The lowest BCUT2D eigenvalue weighted by Crippen LogP contribution is -2.30. The van der Waals surface area contributed by atoms with Gasteiger partial charge in [-0.15, -0.1) is 0 Å². The fraction of sp³-hybridized carbons (Fsp3) is 0.893. The third-order valence-corrected chi connectivity index (χ3v) is 18.7. The quantitative estimate of drug-likeness (QED) is 0.0169. The number of phosphoric ester groups is 2. The summed E-state index contributed by atoms with van der Waals surface area (Å²) in [6.45, 7) is 11.7. The third kappa shape index (κ3) is 68.1. The summed E-state index contributed by atoms with van der Waals surface area (Å²) in [5.41, 5.74) is 0. The molecule has 2 unspecified atom stereocenters. The van der Waals surface area contributed by atoms with Gasteiger partial charge in [-0.3, -0.25) is 37.3 Å². The van der Waals surface area contributed by atoms with Gasteiger partial charge < -0.3 is 33.8 Å². The van der Waals surface area contributed by atoms with Crippen molar-refractivity contribution < 1.29 is 80.2 Å². The highest BCUT2D eigenvalue weighted by atomic mass is 31.2. The first kappa shape index (κ1) is 91.5. The van der Waals surface area contributed by atoms with Crippen molar-refractivity contribution in [1.82, 2.24) is 0 Å². The second-order valence-corrected chi connectivity index (χ2v) is 30.7. The van der Waals surface area contributed by atoms with Crippen LogP contribution < -0.4 is 0 Å². The molecule has 0 amide bonds. The largest absolute Gasteiger partial charge is 0.472 e. The first-order chi connectivity index (χ1) is 45.2. The Morgan fingerprint density at radius 1 is 0.330 bits per heavy atom. The lowest BCUT2D eigenvalue weighted by Gasteiger charge is -2.21. The van der Waals surface area contributed by atoms with Crippen LogP contribution in [-0.2, 0) is 65.4 Å². The van der Waals surface area contributed by atoms with Crippen LogP contribution >= 0.6 is 15.6 Å². The lowest BCUT2D eigenvalue weighted by molar-refractivity contribution is -0.161. The average molecular weight is 1380 g/mol. The maximum Gasteiger partial charge on any atom is 0.472 e. The van der Waals surface area contributed by atoms with Crippen LogP contribution in [-0.4, -0.2) is 96.7 Å². The van der Waals surface area contributed by atoms with Gasteiger partial charge in [-0.25, -0.2) is 9.13 Å². The van der Waals surface area contributed by atoms with Gasteiger partial charge >= 0.3 is 39.5 Å². The van der Waals surface area contributed by atoms with Gasteiger partial charge in [-0.05, 0) is 69.1 Å². The van der Waals surface area contributed by atoms with Gasteiger partial charge in [0.2, 0.25) is 0 Å². The monoisotopic (exact) mass is 1380 g/mol. The smallest absolute Gasteiger partial charge is 0.462 e. The van der Waals surface area contributed by atoms with Crippen LogP contribution in [0.15, 0.2) is 24.3 Å². The normalized spacial score (nSPS) is 14.3. The summed E-state index contributed by atoms with van der Waals surface area (Å²) in [6, 6.07) is 0. The highest BCUT2D eigenvalue weighted by Gasteiger charge is 2.30. The van der Waals surface area contributed by atoms with Crippen molar-refractivity contribution in [3.63, 3.8) is 0 Å². The van der Waals surface area contributed by atoms with Crippen LogP contribution in [0, 0.1) is 17.8 Å². The summed E-state index contributed by atoms with van der Waals surface area (Å²) >= 11 is 0. The summed E-state index contributed by atoms with van der Waals surface area (Å²) in [7, 11) is -9.92. The van der Waals surface area contributed by atoms with E-state index in [1.54, 1.807) is 0 Å². The number of esters is 4. The number of hydrogen-bond acceptors (Lipinski definition) is 15. The first-order valence-corrected chi connectivity index (χ1v) is 41.2. The van der Waals surface area contributed by atoms with Crippen LogP contribution in [0.1, 0.15) is 357 Å². The average Bonchev–Trinajstić information content (AvgIpc) is 3.01. The summed E-state index contributed by atoms with van der Waals surface area (Å²) in [5, 5.41) is 10.6. The van der Waals surface area contributed by atoms with Crippen molar-refractivity contribution in [2.75, 3.05) is 39.6 Å². The third-order valence-electron chi connectivity index (χ3n) is 16.8. The van der Waals surface area contributed by atoms with E-state index in [1.807, 2.05) is 0 Å². The van der Waals surface area contributed by atoms with Gasteiger partial charge in [0.1, 0.15) is 19.3 Å². The van der Waals surface area contributed by atoms with Gasteiger partial charge in [-0.1, -0.05) is 304 Å². The Balaban J connectivity index is 5.18. The fourth-order valence-electron chi connectivity index (χ4n) is 10.9. The van der Waals surface area contributed by atoms with E-state index < -0.39 is 97.5 Å². The molecular formula is C75H142O17P2. The van der Waals surface area contributed by atoms with Crippen molar-refractivity contribution in [3.8, 4) is 0 Å². The Morgan fingerprint density at radius 3 is 0.862 bits per heavy atom. The minimum absolute atomic E-state index is 0.0836. The van der Waals surface area contributed by atoms with Gasteiger partial charge in [0.25, 0.3) is 0 Å². The number of hydrogen-bond donors (Lipinski definition) is 3. The Labute approximate surface area is 573 Å². The number of unbranched alkanes of at least 4 members (excludes halogenated alkanes) is 36. The molecule has 3 N–H and O–H groups in total. The molecule has 554 valence electrons. The minimum atomic E-state index is -4.96. The van der Waals surface area contributed by atoms with Gasteiger partial charge in [-0.2, -0.15) is 0 Å². The molecule has 0 heterocycles. The number of aliphatic hydroxyl groups is 1. The lowest BCUT2D eigenvalue weighted by atomic mass is 10.0. The Morgan fingerprint density at radius 2 is 0.574 bits per heavy atom. The van der Waals surface area contributed by atoms with Crippen molar-refractivity contribution in [2.24, 2.45) is 17.8 Å². The van der Waals surface area contributed by atoms with E-state index >= 15 is 0 Å². The van der Waals surface area contributed by atoms with E-state index in [-0.39, 0.29) is 25.7 Å². The molecule has 0 radical (unpaired) electrons. The maximum absolute atomic E-state index is 13.0. The zero-order valence-corrected chi connectivity index (χ0v) is 62.7. The molecule has 0 saturated carbocycles. The Hall–Kier alpha value is -2.46. The number of ether oxygens (including phenoxy) is 4. The number of allylic oxidation sites excluding steroid dienone is 4. The molecular weight excluding hydrogens is 1230 g/mol. The number of phosphoric acid groups is 2. The summed E-state index contributed by atoms with van der Waals surface area (Å²) in [4.78, 5) is 72.6. The highest BCUT2D eigenvalue weighted by molar-refractivity contribution is 7.47. The fourth-order valence-corrected chi connectivity index (χ4v) is 12.5. The van der Waals surface area contributed by atoms with Gasteiger partial charge in [0.15, 0.2) is 12.2 Å². The zero-order valence-electron chi connectivity index (χ0n) is 60.9. The number of rotatable bonds is 71. The molecule has 0 spiro atoms. The summed E-state index contributed by atoms with van der Waals surface area (Å²) in [6.07, 6.45) is 54.0. The Bertz CT molecular complexity index is 1930. The molecule has 5 atom stereocenters. The van der Waals surface area contributed by atoms with Crippen molar-refractivity contribution >= 4 is 39.5 Å². The molecule has 0 fully saturated rings. The van der Waals surface area contributed by atoms with E-state index in [4.69, 9.17) is 37.0 Å². The molecule has 0 aliphatic heterocycles. The van der Waals surface area contributed by atoms with Gasteiger partial charge in [0, 0.05) is 25.7 Å². The molecule has 0 aliphatic carbocycles. The molecule has 0 aliphatic rings. The predicted octanol–water partition coefficient (Wildman–Crippen LogP) is 21.3. The van der Waals surface area contributed by atoms with Crippen LogP contribution in [0.2, 0.25) is 0 Å². The van der Waals surface area contributed by atoms with Crippen molar-refractivity contribution in [3.05, 3.63) is 24.3 Å². The van der Waals surface area contributed by atoms with E-state index in [0.717, 1.165) is 121 Å². The van der Waals surface area contributed by atoms with Crippen LogP contribution in [0.25, 0.3) is 0 Å². The molecule has 94 heavy (non-hydrogen) atoms. The van der Waals surface area contributed by atoms with Crippen LogP contribution in [0.5, 0.6) is 0 Å². The van der Waals surface area contributed by atoms with Crippen LogP contribution in [0.4, 0.5) is 0 Å². The molecule has 0 saturated heterocycles. The Kier molecular flexibility index (Phi) is 63.5. The molecule has 0 bridgehead atoms. The highest BCUT2D eigenvalue weighted by Crippen LogP contribution is 2.45. The molecule has 0 aromatic carbocycles. The summed E-state index contributed by atoms with van der Waals surface area (Å²) < 4.78 is 68.3. The van der Waals surface area contributed by atoms with Crippen molar-refractivity contribution in [2.45, 2.75) is 375 Å². The molecule has 17 nitrogen and oxygen atoms in total. The topological polar surface area (TPSA) is 237 Å². The van der Waals surface area contributed by atoms with E-state index in [2.05, 4.69) is 72.8 Å². The molecule has 19 heteroatoms. The predicted molar refractivity (Wildman–Crippen MR) is 381 cm³/mol. The SMILES string of the molecule is CCCCCC/C=C\C=C/CCCCCCCC(=O)O[C@H](COC(=O)CCCCCCCCC(C)C)COP(=O)(O)OC[C@H](O)COP(=O)(O)OC[C@@H](COC(=O)CCCCCCCCC(C)C)OC(=O)CCCCCCCCCCCCCCCCCCCCC(C)C.